The van der Waals surface area contributed by atoms with Gasteiger partial charge in [0.15, 0.2) is 0 Å². The highest BCUT2D eigenvalue weighted by molar-refractivity contribution is 5.32. The van der Waals surface area contributed by atoms with Crippen molar-refractivity contribution < 1.29 is 22.7 Å². The molecular weight excluding hydrogens is 226 g/mol. The van der Waals surface area contributed by atoms with Gasteiger partial charge in [0, 0.05) is 0 Å². The lowest BCUT2D eigenvalue weighted by Crippen LogP contribution is -2.16. The quantitative estimate of drug-likeness (QED) is 0.792. The predicted octanol–water partition coefficient (Wildman–Crippen LogP) is 2.23. The summed E-state index contributed by atoms with van der Waals surface area (Å²) in [6.07, 6.45) is -6.28. The second kappa shape index (κ2) is 4.80. The molecule has 16 heavy (non-hydrogen) atoms. The third kappa shape index (κ3) is 2.70. The Morgan fingerprint density at radius 1 is 1.31 bits per heavy atom. The van der Waals surface area contributed by atoms with Gasteiger partial charge in [-0.05, 0) is 24.6 Å². The molecule has 0 aliphatic rings. The Labute approximate surface area is 89.7 Å². The summed E-state index contributed by atoms with van der Waals surface area (Å²) >= 11 is 0. The maximum atomic E-state index is 13.1. The molecule has 1 aromatic carbocycles. The monoisotopic (exact) mass is 237 g/mol. The number of alkyl halides is 3. The first-order valence-corrected chi connectivity index (χ1v) is 4.61. The molecular formula is C10H11F4NO. The van der Waals surface area contributed by atoms with E-state index in [0.29, 0.717) is 6.07 Å². The van der Waals surface area contributed by atoms with E-state index in [1.54, 1.807) is 0 Å². The zero-order valence-corrected chi connectivity index (χ0v) is 8.26. The van der Waals surface area contributed by atoms with Crippen LogP contribution >= 0.6 is 0 Å². The van der Waals surface area contributed by atoms with E-state index in [9.17, 15) is 22.7 Å². The van der Waals surface area contributed by atoms with Gasteiger partial charge in [-0.25, -0.2) is 4.39 Å². The number of hydrogen-bond donors (Lipinski definition) is 2. The maximum Gasteiger partial charge on any atom is 0.419 e. The summed E-state index contributed by atoms with van der Waals surface area (Å²) in [5, 5.41) is 9.44. The van der Waals surface area contributed by atoms with Crippen molar-refractivity contribution in [1.82, 2.24) is 0 Å². The summed E-state index contributed by atoms with van der Waals surface area (Å²) in [5.74, 6) is -1.39. The second-order valence-electron chi connectivity index (χ2n) is 3.29. The number of benzene rings is 1. The van der Waals surface area contributed by atoms with Crippen molar-refractivity contribution in [3.05, 3.63) is 35.1 Å². The summed E-state index contributed by atoms with van der Waals surface area (Å²) in [6, 6.07) is 2.88. The molecule has 0 aliphatic heterocycles. The van der Waals surface area contributed by atoms with Gasteiger partial charge in [0.1, 0.15) is 5.82 Å². The maximum absolute atomic E-state index is 13.1. The minimum Gasteiger partial charge on any atom is -0.388 e. The molecule has 0 aliphatic carbocycles. The molecule has 1 rings (SSSR count). The number of aliphatic hydroxyl groups excluding tert-OH is 1. The molecule has 6 heteroatoms. The Morgan fingerprint density at radius 2 is 1.94 bits per heavy atom. The van der Waals surface area contributed by atoms with Crippen LogP contribution in [0.4, 0.5) is 17.6 Å². The van der Waals surface area contributed by atoms with E-state index in [2.05, 4.69) is 0 Å². The minimum absolute atomic E-state index is 0.0228. The summed E-state index contributed by atoms with van der Waals surface area (Å²) in [6.45, 7) is 0.0228. The Morgan fingerprint density at radius 3 is 2.44 bits per heavy atom. The molecule has 0 heterocycles. The second-order valence-corrected chi connectivity index (χ2v) is 3.29. The van der Waals surface area contributed by atoms with Crippen molar-refractivity contribution in [3.8, 4) is 0 Å². The van der Waals surface area contributed by atoms with Crippen molar-refractivity contribution in [1.29, 1.82) is 0 Å². The highest BCUT2D eigenvalue weighted by atomic mass is 19.4. The van der Waals surface area contributed by atoms with Crippen LogP contribution in [-0.4, -0.2) is 11.7 Å². The van der Waals surface area contributed by atoms with Gasteiger partial charge in [0.25, 0.3) is 0 Å². The summed E-state index contributed by atoms with van der Waals surface area (Å²) in [4.78, 5) is 0. The van der Waals surface area contributed by atoms with Gasteiger partial charge in [0.05, 0.1) is 11.7 Å². The van der Waals surface area contributed by atoms with E-state index in [1.165, 1.54) is 0 Å². The lowest BCUT2D eigenvalue weighted by molar-refractivity contribution is -0.141. The first kappa shape index (κ1) is 12.9. The molecule has 0 spiro atoms. The SMILES string of the molecule is NCCC(O)c1cccc(F)c1C(F)(F)F. The van der Waals surface area contributed by atoms with Crippen molar-refractivity contribution in [2.75, 3.05) is 6.54 Å². The average molecular weight is 237 g/mol. The molecule has 1 aromatic rings. The van der Waals surface area contributed by atoms with Crippen molar-refractivity contribution >= 4 is 0 Å². The standard InChI is InChI=1S/C10H11F4NO/c11-7-3-1-2-6(8(16)4-5-15)9(7)10(12,13)14/h1-3,8,16H,4-5,15H2. The van der Waals surface area contributed by atoms with Crippen LogP contribution in [0.25, 0.3) is 0 Å². The minimum atomic E-state index is -4.82. The van der Waals surface area contributed by atoms with Crippen LogP contribution in [0, 0.1) is 5.82 Å². The predicted molar refractivity (Wildman–Crippen MR) is 50.0 cm³/mol. The fraction of sp³-hybridized carbons (Fsp3) is 0.400. The van der Waals surface area contributed by atoms with Crippen LogP contribution in [0.1, 0.15) is 23.7 Å². The van der Waals surface area contributed by atoms with E-state index >= 15 is 0 Å². The lowest BCUT2D eigenvalue weighted by atomic mass is 9.99. The molecule has 2 nitrogen and oxygen atoms in total. The van der Waals surface area contributed by atoms with E-state index in [0.717, 1.165) is 12.1 Å². The third-order valence-electron chi connectivity index (χ3n) is 2.13. The fourth-order valence-electron chi connectivity index (χ4n) is 1.43. The molecule has 3 N–H and O–H groups in total. The Kier molecular flexibility index (Phi) is 3.88. The number of halogens is 4. The molecule has 0 bridgehead atoms. The van der Waals surface area contributed by atoms with Crippen LogP contribution < -0.4 is 5.73 Å². The topological polar surface area (TPSA) is 46.2 Å². The van der Waals surface area contributed by atoms with Crippen LogP contribution in [0.15, 0.2) is 18.2 Å². The highest BCUT2D eigenvalue weighted by Gasteiger charge is 2.37. The summed E-state index contributed by atoms with van der Waals surface area (Å²) in [5.41, 5.74) is 3.23. The van der Waals surface area contributed by atoms with Crippen LogP contribution in [0.2, 0.25) is 0 Å². The number of nitrogens with two attached hydrogens (primary N) is 1. The zero-order valence-electron chi connectivity index (χ0n) is 8.26. The van der Waals surface area contributed by atoms with Gasteiger partial charge in [0.2, 0.25) is 0 Å². The molecule has 90 valence electrons. The molecule has 1 unspecified atom stereocenters. The highest BCUT2D eigenvalue weighted by Crippen LogP contribution is 2.37. The molecule has 0 radical (unpaired) electrons. The normalized spacial score (nSPS) is 13.9. The third-order valence-corrected chi connectivity index (χ3v) is 2.13. The molecule has 0 aromatic heterocycles. The van der Waals surface area contributed by atoms with E-state index < -0.39 is 29.2 Å². The number of aliphatic hydroxyl groups is 1. The van der Waals surface area contributed by atoms with E-state index in [-0.39, 0.29) is 13.0 Å². The van der Waals surface area contributed by atoms with Crippen molar-refractivity contribution in [2.45, 2.75) is 18.7 Å². The first-order valence-electron chi connectivity index (χ1n) is 4.61. The Balaban J connectivity index is 3.23. The molecule has 0 saturated heterocycles. The average Bonchev–Trinajstić information content (AvgIpc) is 2.15. The van der Waals surface area contributed by atoms with Gasteiger partial charge >= 0.3 is 6.18 Å². The summed E-state index contributed by atoms with van der Waals surface area (Å²) < 4.78 is 50.7. The lowest BCUT2D eigenvalue weighted by Gasteiger charge is -2.17. The smallest absolute Gasteiger partial charge is 0.388 e. The van der Waals surface area contributed by atoms with Gasteiger partial charge in [-0.1, -0.05) is 12.1 Å². The Bertz CT molecular complexity index is 364. The van der Waals surface area contributed by atoms with Crippen molar-refractivity contribution in [2.24, 2.45) is 5.73 Å². The fourth-order valence-corrected chi connectivity index (χ4v) is 1.43. The van der Waals surface area contributed by atoms with Gasteiger partial charge in [-0.15, -0.1) is 0 Å². The number of rotatable bonds is 3. The van der Waals surface area contributed by atoms with Gasteiger partial charge < -0.3 is 10.8 Å². The first-order chi connectivity index (χ1) is 7.38. The van der Waals surface area contributed by atoms with Crippen LogP contribution in [0.5, 0.6) is 0 Å². The van der Waals surface area contributed by atoms with E-state index in [1.807, 2.05) is 0 Å². The van der Waals surface area contributed by atoms with Crippen LogP contribution in [-0.2, 0) is 6.18 Å². The molecule has 0 amide bonds. The van der Waals surface area contributed by atoms with E-state index in [4.69, 9.17) is 5.73 Å². The van der Waals surface area contributed by atoms with Gasteiger partial charge in [-0.3, -0.25) is 0 Å². The van der Waals surface area contributed by atoms with Crippen molar-refractivity contribution in [3.63, 3.8) is 0 Å². The summed E-state index contributed by atoms with van der Waals surface area (Å²) in [7, 11) is 0. The largest absolute Gasteiger partial charge is 0.419 e. The molecule has 0 saturated carbocycles. The van der Waals surface area contributed by atoms with Crippen LogP contribution in [0.3, 0.4) is 0 Å². The molecule has 0 fully saturated rings. The zero-order chi connectivity index (χ0) is 12.3. The Hall–Kier alpha value is -1.14. The molecule has 1 atom stereocenters. The number of hydrogen-bond acceptors (Lipinski definition) is 2. The van der Waals surface area contributed by atoms with Gasteiger partial charge in [-0.2, -0.15) is 13.2 Å².